The van der Waals surface area contributed by atoms with Gasteiger partial charge in [0.25, 0.3) is 0 Å². The van der Waals surface area contributed by atoms with Gasteiger partial charge in [0, 0.05) is 13.1 Å². The van der Waals surface area contributed by atoms with Crippen molar-refractivity contribution in [2.45, 2.75) is 44.6 Å². The van der Waals surface area contributed by atoms with Crippen LogP contribution in [0.1, 0.15) is 42.5 Å². The number of amides is 1. The van der Waals surface area contributed by atoms with E-state index >= 15 is 0 Å². The van der Waals surface area contributed by atoms with Crippen LogP contribution in [0.3, 0.4) is 0 Å². The highest BCUT2D eigenvalue weighted by Gasteiger charge is 2.34. The van der Waals surface area contributed by atoms with E-state index < -0.39 is 10.0 Å². The third kappa shape index (κ3) is 4.84. The highest BCUT2D eigenvalue weighted by Crippen LogP contribution is 2.27. The lowest BCUT2D eigenvalue weighted by Crippen LogP contribution is -2.45. The number of aryl methyl sites for hydroxylation is 2. The number of carbonyl (C=O) groups excluding carboxylic acids is 1. The van der Waals surface area contributed by atoms with Crippen LogP contribution in [-0.4, -0.2) is 38.8 Å². The standard InChI is InChI=1S/C23H30N2O4S/c1-16-7-8-17(2)22(14-16)30(27,28)25-13-5-6-20(15-25)23(26)24-18(3)19-9-11-21(29-4)12-10-19/h7-12,14,18,20H,5-6,13,15H2,1-4H3,(H,24,26)/t18-,20-/m1/s1. The number of hydrogen-bond acceptors (Lipinski definition) is 4. The number of nitrogens with one attached hydrogen (secondary N) is 1. The molecule has 162 valence electrons. The Morgan fingerprint density at radius 3 is 2.53 bits per heavy atom. The molecule has 2 aromatic carbocycles. The lowest BCUT2D eigenvalue weighted by atomic mass is 9.98. The maximum Gasteiger partial charge on any atom is 0.243 e. The zero-order chi connectivity index (χ0) is 21.9. The van der Waals surface area contributed by atoms with Gasteiger partial charge in [0.15, 0.2) is 0 Å². The molecule has 1 aliphatic rings. The molecule has 30 heavy (non-hydrogen) atoms. The fourth-order valence-corrected chi connectivity index (χ4v) is 5.64. The Morgan fingerprint density at radius 2 is 1.87 bits per heavy atom. The number of hydrogen-bond donors (Lipinski definition) is 1. The lowest BCUT2D eigenvalue weighted by Gasteiger charge is -2.32. The zero-order valence-electron chi connectivity index (χ0n) is 18.0. The molecular weight excluding hydrogens is 400 g/mol. The molecule has 0 spiro atoms. The van der Waals surface area contributed by atoms with Gasteiger partial charge in [-0.25, -0.2) is 8.42 Å². The maximum absolute atomic E-state index is 13.2. The summed E-state index contributed by atoms with van der Waals surface area (Å²) in [6, 6.07) is 12.8. The molecule has 1 fully saturated rings. The van der Waals surface area contributed by atoms with Gasteiger partial charge in [-0.05, 0) is 68.5 Å². The molecule has 1 amide bonds. The summed E-state index contributed by atoms with van der Waals surface area (Å²) in [5.74, 6) is 0.287. The van der Waals surface area contributed by atoms with Gasteiger partial charge in [0.1, 0.15) is 5.75 Å². The van der Waals surface area contributed by atoms with Gasteiger partial charge < -0.3 is 10.1 Å². The van der Waals surface area contributed by atoms with Crippen LogP contribution in [0.4, 0.5) is 0 Å². The Kier molecular flexibility index (Phi) is 6.83. The Hall–Kier alpha value is -2.38. The minimum Gasteiger partial charge on any atom is -0.497 e. The topological polar surface area (TPSA) is 75.7 Å². The van der Waals surface area contributed by atoms with Crippen molar-refractivity contribution in [3.63, 3.8) is 0 Å². The third-order valence-electron chi connectivity index (χ3n) is 5.69. The molecule has 0 unspecified atom stereocenters. The van der Waals surface area contributed by atoms with Gasteiger partial charge in [0.05, 0.1) is 24.0 Å². The molecule has 1 saturated heterocycles. The molecule has 0 saturated carbocycles. The first-order valence-electron chi connectivity index (χ1n) is 10.2. The molecule has 6 nitrogen and oxygen atoms in total. The Balaban J connectivity index is 1.70. The smallest absolute Gasteiger partial charge is 0.243 e. The second-order valence-corrected chi connectivity index (χ2v) is 9.88. The van der Waals surface area contributed by atoms with Crippen molar-refractivity contribution < 1.29 is 17.9 Å². The monoisotopic (exact) mass is 430 g/mol. The number of sulfonamides is 1. The van der Waals surface area contributed by atoms with E-state index in [1.807, 2.05) is 50.2 Å². The summed E-state index contributed by atoms with van der Waals surface area (Å²) >= 11 is 0. The van der Waals surface area contributed by atoms with Crippen molar-refractivity contribution in [1.29, 1.82) is 0 Å². The number of ether oxygens (including phenoxy) is 1. The summed E-state index contributed by atoms with van der Waals surface area (Å²) in [6.07, 6.45) is 1.35. The quantitative estimate of drug-likeness (QED) is 0.760. The Morgan fingerprint density at radius 1 is 1.17 bits per heavy atom. The van der Waals surface area contributed by atoms with Crippen molar-refractivity contribution in [1.82, 2.24) is 9.62 Å². The van der Waals surface area contributed by atoms with Crippen LogP contribution in [0.15, 0.2) is 47.4 Å². The molecule has 2 aromatic rings. The molecule has 0 bridgehead atoms. The molecule has 2 atom stereocenters. The fourth-order valence-electron chi connectivity index (χ4n) is 3.81. The zero-order valence-corrected chi connectivity index (χ0v) is 18.8. The van der Waals surface area contributed by atoms with Crippen molar-refractivity contribution in [3.05, 3.63) is 59.2 Å². The molecule has 3 rings (SSSR count). The maximum atomic E-state index is 13.2. The second-order valence-electron chi connectivity index (χ2n) is 7.97. The molecule has 0 aliphatic carbocycles. The summed E-state index contributed by atoms with van der Waals surface area (Å²) in [7, 11) is -2.02. The minimum absolute atomic E-state index is 0.112. The van der Waals surface area contributed by atoms with Crippen molar-refractivity contribution in [2.75, 3.05) is 20.2 Å². The van der Waals surface area contributed by atoms with E-state index in [9.17, 15) is 13.2 Å². The first-order valence-corrected chi connectivity index (χ1v) is 11.7. The van der Waals surface area contributed by atoms with Gasteiger partial charge in [-0.3, -0.25) is 4.79 Å². The van der Waals surface area contributed by atoms with Crippen LogP contribution in [0.25, 0.3) is 0 Å². The number of piperidine rings is 1. The summed E-state index contributed by atoms with van der Waals surface area (Å²) in [5.41, 5.74) is 2.60. The molecule has 0 radical (unpaired) electrons. The third-order valence-corrected chi connectivity index (χ3v) is 7.70. The van der Waals surface area contributed by atoms with Crippen molar-refractivity contribution in [2.24, 2.45) is 5.92 Å². The number of nitrogens with zero attached hydrogens (tertiary/aromatic N) is 1. The van der Waals surface area contributed by atoms with Crippen LogP contribution in [0.5, 0.6) is 5.75 Å². The molecular formula is C23H30N2O4S. The molecule has 1 N–H and O–H groups in total. The Bertz CT molecular complexity index is 1000. The Labute approximate surface area is 179 Å². The van der Waals surface area contributed by atoms with Gasteiger partial charge in [-0.1, -0.05) is 24.3 Å². The van der Waals surface area contributed by atoms with E-state index in [4.69, 9.17) is 4.74 Å². The van der Waals surface area contributed by atoms with E-state index in [0.29, 0.717) is 24.3 Å². The van der Waals surface area contributed by atoms with Gasteiger partial charge >= 0.3 is 0 Å². The van der Waals surface area contributed by atoms with Crippen molar-refractivity contribution in [3.8, 4) is 5.75 Å². The number of methoxy groups -OCH3 is 1. The van der Waals surface area contributed by atoms with Gasteiger partial charge in [0.2, 0.25) is 15.9 Å². The van der Waals surface area contributed by atoms with Crippen LogP contribution in [0.2, 0.25) is 0 Å². The van der Waals surface area contributed by atoms with E-state index in [1.54, 1.807) is 20.1 Å². The first kappa shape index (κ1) is 22.3. The molecule has 1 aliphatic heterocycles. The highest BCUT2D eigenvalue weighted by molar-refractivity contribution is 7.89. The molecule has 7 heteroatoms. The summed E-state index contributed by atoms with van der Waals surface area (Å²) in [4.78, 5) is 13.2. The van der Waals surface area contributed by atoms with Crippen LogP contribution in [0, 0.1) is 19.8 Å². The average Bonchev–Trinajstić information content (AvgIpc) is 2.75. The fraction of sp³-hybridized carbons (Fsp3) is 0.435. The number of carbonyl (C=O) groups is 1. The minimum atomic E-state index is -3.63. The van der Waals surface area contributed by atoms with Crippen LogP contribution < -0.4 is 10.1 Å². The number of benzene rings is 2. The van der Waals surface area contributed by atoms with E-state index in [2.05, 4.69) is 5.32 Å². The van der Waals surface area contributed by atoms with E-state index in [0.717, 1.165) is 22.4 Å². The molecule has 1 heterocycles. The van der Waals surface area contributed by atoms with Crippen LogP contribution in [-0.2, 0) is 14.8 Å². The predicted molar refractivity (Wildman–Crippen MR) is 117 cm³/mol. The summed E-state index contributed by atoms with van der Waals surface area (Å²) in [5, 5.41) is 3.03. The lowest BCUT2D eigenvalue weighted by molar-refractivity contribution is -0.126. The normalized spacial score (nSPS) is 18.6. The molecule has 0 aromatic heterocycles. The van der Waals surface area contributed by atoms with Gasteiger partial charge in [-0.2, -0.15) is 4.31 Å². The number of rotatable bonds is 6. The second kappa shape index (κ2) is 9.18. The largest absolute Gasteiger partial charge is 0.497 e. The van der Waals surface area contributed by atoms with E-state index in [-0.39, 0.29) is 24.4 Å². The van der Waals surface area contributed by atoms with Crippen LogP contribution >= 0.6 is 0 Å². The summed E-state index contributed by atoms with van der Waals surface area (Å²) < 4.78 is 33.1. The SMILES string of the molecule is COc1ccc([C@@H](C)NC(=O)[C@@H]2CCCN(S(=O)(=O)c3cc(C)ccc3C)C2)cc1. The van der Waals surface area contributed by atoms with Gasteiger partial charge in [-0.15, -0.1) is 0 Å². The van der Waals surface area contributed by atoms with E-state index in [1.165, 1.54) is 4.31 Å². The highest BCUT2D eigenvalue weighted by atomic mass is 32.2. The first-order chi connectivity index (χ1) is 14.2. The summed E-state index contributed by atoms with van der Waals surface area (Å²) in [6.45, 7) is 6.25. The average molecular weight is 431 g/mol. The predicted octanol–water partition coefficient (Wildman–Crippen LogP) is 3.59. The van der Waals surface area contributed by atoms with Crippen molar-refractivity contribution >= 4 is 15.9 Å².